The van der Waals surface area contributed by atoms with E-state index in [1.54, 1.807) is 0 Å². The maximum atomic E-state index is 13.5. The molecule has 0 heterocycles. The summed E-state index contributed by atoms with van der Waals surface area (Å²) < 4.78 is 29.0. The van der Waals surface area contributed by atoms with Crippen LogP contribution in [0, 0.1) is 58.5 Å². The van der Waals surface area contributed by atoms with Crippen LogP contribution in [0.25, 0.3) is 0 Å². The van der Waals surface area contributed by atoms with E-state index >= 15 is 0 Å². The first-order valence-corrected chi connectivity index (χ1v) is 12.4. The van der Waals surface area contributed by atoms with E-state index in [0.29, 0.717) is 5.92 Å². The molecule has 2 aromatic carbocycles. The second kappa shape index (κ2) is 17.3. The molecule has 202 valence electrons. The summed E-state index contributed by atoms with van der Waals surface area (Å²) in [5.41, 5.74) is 7.09. The number of ether oxygens (including phenoxy) is 1. The van der Waals surface area contributed by atoms with E-state index in [1.165, 1.54) is 41.5 Å². The predicted octanol–water partition coefficient (Wildman–Crippen LogP) is 6.19. The average molecular weight is 556 g/mol. The van der Waals surface area contributed by atoms with Crippen LogP contribution in [0.4, 0.5) is 0 Å². The molecular formula is C31H37CrNO5. The van der Waals surface area contributed by atoms with Crippen LogP contribution < -0.4 is 0 Å². The van der Waals surface area contributed by atoms with Gasteiger partial charge in [-0.05, 0) is 89.6 Å². The molecule has 0 unspecified atom stereocenters. The van der Waals surface area contributed by atoms with Crippen LogP contribution in [0.1, 0.15) is 78.1 Å². The van der Waals surface area contributed by atoms with E-state index in [2.05, 4.69) is 103 Å². The van der Waals surface area contributed by atoms with E-state index in [9.17, 15) is 4.79 Å². The normalized spacial score (nSPS) is 20.1. The first kappa shape index (κ1) is 35.6. The quantitative estimate of drug-likeness (QED) is 0.242. The summed E-state index contributed by atoms with van der Waals surface area (Å²) in [5.74, 6) is 1.33. The number of carbonyl (C=O) groups is 1. The second-order valence-electron chi connectivity index (χ2n) is 10.2. The molecule has 0 radical (unpaired) electrons. The third-order valence-electron chi connectivity index (χ3n) is 7.78. The van der Waals surface area contributed by atoms with Gasteiger partial charge in [0.25, 0.3) is 0 Å². The summed E-state index contributed by atoms with van der Waals surface area (Å²) in [6.07, 6.45) is 4.33. The van der Waals surface area contributed by atoms with E-state index in [4.69, 9.17) is 18.7 Å². The Hall–Kier alpha value is -2.38. The average Bonchev–Trinajstić information content (AvgIpc) is 3.55. The fourth-order valence-corrected chi connectivity index (χ4v) is 6.03. The molecule has 38 heavy (non-hydrogen) atoms. The van der Waals surface area contributed by atoms with Gasteiger partial charge in [-0.25, -0.2) is 0 Å². The van der Waals surface area contributed by atoms with E-state index < -0.39 is 0 Å². The molecule has 0 aliphatic heterocycles. The minimum Gasteiger partial charge on any atom is 0 e. The van der Waals surface area contributed by atoms with Crippen LogP contribution in [0.2, 0.25) is 0 Å². The Kier molecular flexibility index (Phi) is 16.2. The van der Waals surface area contributed by atoms with Crippen LogP contribution >= 0.6 is 0 Å². The van der Waals surface area contributed by atoms with Crippen LogP contribution in [0.15, 0.2) is 36.4 Å². The number of fused-ring (bicyclic) bond motifs is 2. The minimum absolute atomic E-state index is 0. The molecule has 0 N–H and O–H groups in total. The molecule has 2 aromatic rings. The number of esters is 1. The van der Waals surface area contributed by atoms with Gasteiger partial charge in [0.1, 0.15) is 0 Å². The van der Waals surface area contributed by atoms with Crippen molar-refractivity contribution in [1.29, 1.82) is 0 Å². The topological polar surface area (TPSA) is 89.2 Å². The van der Waals surface area contributed by atoms with Gasteiger partial charge in [-0.15, -0.1) is 0 Å². The Bertz CT molecular complexity index is 1070. The SMILES string of the molecule is Cc1cc(C)c([C@H](OC(=O)[C@@H]2C[C@@H]3CC[C@H]2C3)c2ccccc2[C@@H](C)N(C)C)c(C)c1.[C-]#[O+].[C-]#[O+].[C-]#[O+].[Cr]. The van der Waals surface area contributed by atoms with Crippen molar-refractivity contribution >= 4 is 5.97 Å². The number of hydrogen-bond donors (Lipinski definition) is 0. The molecule has 6 nitrogen and oxygen atoms in total. The van der Waals surface area contributed by atoms with Crippen molar-refractivity contribution in [2.45, 2.75) is 65.5 Å². The van der Waals surface area contributed by atoms with Crippen molar-refractivity contribution in [3.05, 3.63) is 89.7 Å². The third kappa shape index (κ3) is 8.31. The maximum absolute atomic E-state index is 13.5. The predicted molar refractivity (Wildman–Crippen MR) is 138 cm³/mol. The van der Waals surface area contributed by atoms with Crippen molar-refractivity contribution in [3.63, 3.8) is 0 Å². The Morgan fingerprint density at radius 1 is 0.921 bits per heavy atom. The van der Waals surface area contributed by atoms with Crippen LogP contribution in [0.3, 0.4) is 0 Å². The zero-order chi connectivity index (χ0) is 28.3. The Labute approximate surface area is 238 Å². The fourth-order valence-electron chi connectivity index (χ4n) is 6.03. The van der Waals surface area contributed by atoms with Gasteiger partial charge in [0, 0.05) is 34.5 Å². The summed E-state index contributed by atoms with van der Waals surface area (Å²) >= 11 is 0. The summed E-state index contributed by atoms with van der Waals surface area (Å²) in [7, 11) is 4.19. The number of aryl methyl sites for hydroxylation is 3. The molecule has 7 heteroatoms. The Morgan fingerprint density at radius 3 is 1.89 bits per heavy atom. The number of nitrogens with zero attached hydrogens (tertiary/aromatic N) is 1. The van der Waals surface area contributed by atoms with Crippen molar-refractivity contribution in [3.8, 4) is 0 Å². The van der Waals surface area contributed by atoms with Crippen LogP contribution in [-0.2, 0) is 40.8 Å². The number of rotatable bonds is 6. The van der Waals surface area contributed by atoms with Crippen molar-refractivity contribution in [2.24, 2.45) is 17.8 Å². The summed E-state index contributed by atoms with van der Waals surface area (Å²) in [4.78, 5) is 15.7. The van der Waals surface area contributed by atoms with Gasteiger partial charge in [-0.2, -0.15) is 0 Å². The molecule has 2 saturated carbocycles. The first-order valence-electron chi connectivity index (χ1n) is 12.4. The summed E-state index contributed by atoms with van der Waals surface area (Å²) in [6, 6.07) is 13.1. The van der Waals surface area contributed by atoms with E-state index in [0.717, 1.165) is 23.5 Å². The first-order chi connectivity index (χ1) is 17.8. The van der Waals surface area contributed by atoms with Crippen molar-refractivity contribution < 1.29 is 40.8 Å². The molecule has 0 saturated heterocycles. The zero-order valence-corrected chi connectivity index (χ0v) is 24.4. The van der Waals surface area contributed by atoms with Gasteiger partial charge in [0.05, 0.1) is 5.92 Å². The standard InChI is InChI=1S/C28H37NO2.3CO.Cr/c1-17-13-18(2)26(19(3)14-17)27(24-10-8-7-9-23(24)20(4)29(5)6)31-28(30)25-16-21-11-12-22(25)15-21;3*1-2;/h7-10,13-14,20-22,25,27H,11-12,15-16H2,1-6H3;;;;/t20-,21-,22+,25-,27-;;;;/m1..../s1. The molecule has 4 rings (SSSR count). The summed E-state index contributed by atoms with van der Waals surface area (Å²) in [6.45, 7) is 22.1. The molecule has 2 bridgehead atoms. The van der Waals surface area contributed by atoms with Crippen LogP contribution in [-0.4, -0.2) is 25.0 Å². The molecule has 0 aromatic heterocycles. The Balaban J connectivity index is 0.00000183. The molecule has 2 fully saturated rings. The minimum atomic E-state index is -0.370. The summed E-state index contributed by atoms with van der Waals surface area (Å²) in [5, 5.41) is 0. The number of benzene rings is 2. The van der Waals surface area contributed by atoms with Gasteiger partial charge in [-0.3, -0.25) is 4.79 Å². The number of carbonyl (C=O) groups excluding carboxylic acids is 1. The van der Waals surface area contributed by atoms with E-state index in [-0.39, 0.29) is 41.4 Å². The Morgan fingerprint density at radius 2 is 1.45 bits per heavy atom. The maximum Gasteiger partial charge on any atom is 0 e. The van der Waals surface area contributed by atoms with E-state index in [1.807, 2.05) is 0 Å². The van der Waals surface area contributed by atoms with Crippen molar-refractivity contribution in [2.75, 3.05) is 14.1 Å². The molecule has 0 spiro atoms. The molecular weight excluding hydrogens is 518 g/mol. The molecule has 2 aliphatic carbocycles. The molecule has 2 aliphatic rings. The zero-order valence-electron chi connectivity index (χ0n) is 23.1. The smallest absolute Gasteiger partial charge is 0 e. The second-order valence-corrected chi connectivity index (χ2v) is 10.2. The fraction of sp³-hybridized carbons (Fsp3) is 0.484. The monoisotopic (exact) mass is 555 g/mol. The largest absolute Gasteiger partial charge is 0 e. The van der Waals surface area contributed by atoms with Gasteiger partial charge >= 0.3 is 39.9 Å². The van der Waals surface area contributed by atoms with Gasteiger partial charge in [-0.1, -0.05) is 48.4 Å². The van der Waals surface area contributed by atoms with Gasteiger partial charge < -0.3 is 9.64 Å². The third-order valence-corrected chi connectivity index (χ3v) is 7.78. The molecule has 0 amide bonds. The van der Waals surface area contributed by atoms with Crippen molar-refractivity contribution in [1.82, 2.24) is 4.90 Å². The number of hydrogen-bond acceptors (Lipinski definition) is 3. The van der Waals surface area contributed by atoms with Crippen LogP contribution in [0.5, 0.6) is 0 Å². The van der Waals surface area contributed by atoms with Gasteiger partial charge in [0.15, 0.2) is 6.10 Å². The van der Waals surface area contributed by atoms with Gasteiger partial charge in [0.2, 0.25) is 0 Å². The molecule has 5 atom stereocenters.